The quantitative estimate of drug-likeness (QED) is 0.591. The van der Waals surface area contributed by atoms with Gasteiger partial charge in [-0.2, -0.15) is 5.26 Å². The largest absolute Gasteiger partial charge is 0.492 e. The average molecular weight is 418 g/mol. The second-order valence-corrected chi connectivity index (χ2v) is 8.40. The molecule has 3 aromatic rings. The third kappa shape index (κ3) is 4.17. The summed E-state index contributed by atoms with van der Waals surface area (Å²) in [5, 5.41) is 17.4. The van der Waals surface area contributed by atoms with Gasteiger partial charge in [-0.1, -0.05) is 12.1 Å². The highest BCUT2D eigenvalue weighted by Crippen LogP contribution is 2.64. The van der Waals surface area contributed by atoms with Gasteiger partial charge in [-0.05, 0) is 74.2 Å². The summed E-state index contributed by atoms with van der Waals surface area (Å²) in [6.07, 6.45) is 3.27. The van der Waals surface area contributed by atoms with Crippen molar-refractivity contribution in [3.8, 4) is 23.3 Å². The molecule has 1 aromatic heterocycles. The van der Waals surface area contributed by atoms with E-state index in [1.165, 1.54) is 12.1 Å². The van der Waals surface area contributed by atoms with Crippen LogP contribution in [0, 0.1) is 22.6 Å². The predicted octanol–water partition coefficient (Wildman–Crippen LogP) is 4.40. The maximum Gasteiger partial charge on any atom is 0.247 e. The first-order valence-corrected chi connectivity index (χ1v) is 10.6. The molecule has 0 bridgehead atoms. The van der Waals surface area contributed by atoms with Gasteiger partial charge in [-0.3, -0.25) is 4.90 Å². The van der Waals surface area contributed by atoms with Crippen molar-refractivity contribution < 1.29 is 13.5 Å². The van der Waals surface area contributed by atoms with Crippen molar-refractivity contribution in [1.29, 1.82) is 5.26 Å². The van der Waals surface area contributed by atoms with E-state index in [1.54, 1.807) is 24.3 Å². The summed E-state index contributed by atoms with van der Waals surface area (Å²) in [7, 11) is 0. The molecule has 6 nitrogen and oxygen atoms in total. The summed E-state index contributed by atoms with van der Waals surface area (Å²) < 4.78 is 25.2. The topological polar surface area (TPSA) is 75.2 Å². The van der Waals surface area contributed by atoms with E-state index >= 15 is 0 Å². The number of nitriles is 1. The van der Waals surface area contributed by atoms with Crippen LogP contribution in [0.1, 0.15) is 36.6 Å². The fraction of sp³-hybridized carbons (Fsp3) is 0.375. The first kappa shape index (κ1) is 19.7. The Morgan fingerprint density at radius 2 is 2.00 bits per heavy atom. The third-order valence-corrected chi connectivity index (χ3v) is 6.49. The van der Waals surface area contributed by atoms with Crippen LogP contribution in [0.25, 0.3) is 11.5 Å². The molecule has 158 valence electrons. The molecule has 1 spiro atoms. The summed E-state index contributed by atoms with van der Waals surface area (Å²) in [5.74, 6) is 1.78. The number of hydrogen-bond donors (Lipinski definition) is 0. The molecule has 1 unspecified atom stereocenters. The zero-order valence-corrected chi connectivity index (χ0v) is 17.1. The van der Waals surface area contributed by atoms with Gasteiger partial charge in [0.15, 0.2) is 0 Å². The number of nitrogens with zero attached hydrogens (tertiary/aromatic N) is 4. The Hall–Kier alpha value is -3.24. The molecule has 2 aliphatic rings. The molecule has 5 rings (SSSR count). The summed E-state index contributed by atoms with van der Waals surface area (Å²) >= 11 is 0. The van der Waals surface area contributed by atoms with Crippen molar-refractivity contribution in [3.63, 3.8) is 0 Å². The van der Waals surface area contributed by atoms with E-state index in [1.807, 2.05) is 12.1 Å². The van der Waals surface area contributed by atoms with E-state index in [4.69, 9.17) is 14.4 Å². The normalized spacial score (nSPS) is 19.8. The van der Waals surface area contributed by atoms with E-state index in [-0.39, 0.29) is 11.2 Å². The van der Waals surface area contributed by atoms with Crippen LogP contribution >= 0.6 is 0 Å². The lowest BCUT2D eigenvalue weighted by Gasteiger charge is -2.32. The van der Waals surface area contributed by atoms with Gasteiger partial charge in [0.2, 0.25) is 11.8 Å². The zero-order chi connectivity index (χ0) is 21.3. The molecule has 31 heavy (non-hydrogen) atoms. The Bertz CT molecular complexity index is 1110. The molecule has 2 fully saturated rings. The van der Waals surface area contributed by atoms with E-state index in [2.05, 4.69) is 21.2 Å². The molecule has 0 radical (unpaired) electrons. The van der Waals surface area contributed by atoms with E-state index in [0.717, 1.165) is 44.6 Å². The second-order valence-electron chi connectivity index (χ2n) is 8.40. The Labute approximate surface area is 180 Å². The fourth-order valence-electron chi connectivity index (χ4n) is 4.53. The molecule has 1 aliphatic heterocycles. The van der Waals surface area contributed by atoms with Crippen molar-refractivity contribution in [3.05, 3.63) is 65.8 Å². The van der Waals surface area contributed by atoms with E-state index in [9.17, 15) is 4.39 Å². The third-order valence-electron chi connectivity index (χ3n) is 6.49. The van der Waals surface area contributed by atoms with Crippen LogP contribution in [0.5, 0.6) is 5.75 Å². The SMILES string of the molecule is N#Cc1cccc(OCCN2CCC3(CC2)CC3c2nnc(-c3cccc(F)c3)o2)c1. The van der Waals surface area contributed by atoms with Crippen LogP contribution in [0.4, 0.5) is 4.39 Å². The monoisotopic (exact) mass is 418 g/mol. The molecule has 1 aliphatic carbocycles. The first-order valence-electron chi connectivity index (χ1n) is 10.6. The molecule has 2 heterocycles. The highest BCUT2D eigenvalue weighted by Gasteiger charge is 2.58. The molecule has 1 atom stereocenters. The van der Waals surface area contributed by atoms with Crippen molar-refractivity contribution >= 4 is 0 Å². The second kappa shape index (κ2) is 8.12. The smallest absolute Gasteiger partial charge is 0.247 e. The lowest BCUT2D eigenvalue weighted by molar-refractivity contribution is 0.142. The maximum atomic E-state index is 13.5. The number of aromatic nitrogens is 2. The van der Waals surface area contributed by atoms with Crippen LogP contribution in [0.3, 0.4) is 0 Å². The minimum absolute atomic E-state index is 0.254. The Morgan fingerprint density at radius 3 is 2.81 bits per heavy atom. The standard InChI is InChI=1S/C24H23FN4O2/c25-19-5-2-4-18(14-19)22-27-28-23(31-22)21-15-24(21)7-9-29(10-8-24)11-12-30-20-6-1-3-17(13-20)16-26/h1-6,13-14,21H,7-12,15H2. The summed E-state index contributed by atoms with van der Waals surface area (Å²) in [5.41, 5.74) is 1.48. The zero-order valence-electron chi connectivity index (χ0n) is 17.1. The number of rotatable bonds is 6. The maximum absolute atomic E-state index is 13.5. The highest BCUT2D eigenvalue weighted by atomic mass is 19.1. The molecule has 1 saturated heterocycles. The molecule has 0 amide bonds. The lowest BCUT2D eigenvalue weighted by atomic mass is 9.91. The highest BCUT2D eigenvalue weighted by molar-refractivity contribution is 5.52. The summed E-state index contributed by atoms with van der Waals surface area (Å²) in [6.45, 7) is 3.50. The minimum Gasteiger partial charge on any atom is -0.492 e. The van der Waals surface area contributed by atoms with Crippen molar-refractivity contribution in [1.82, 2.24) is 15.1 Å². The molecule has 2 aromatic carbocycles. The van der Waals surface area contributed by atoms with Gasteiger partial charge in [0.1, 0.15) is 18.2 Å². The van der Waals surface area contributed by atoms with Crippen LogP contribution in [0.15, 0.2) is 52.9 Å². The summed E-state index contributed by atoms with van der Waals surface area (Å²) in [4.78, 5) is 2.42. The van der Waals surface area contributed by atoms with Gasteiger partial charge in [0, 0.05) is 18.0 Å². The van der Waals surface area contributed by atoms with Gasteiger partial charge >= 0.3 is 0 Å². The van der Waals surface area contributed by atoms with Crippen molar-refractivity contribution in [2.45, 2.75) is 25.2 Å². The van der Waals surface area contributed by atoms with Crippen LogP contribution < -0.4 is 4.74 Å². The number of piperidine rings is 1. The lowest BCUT2D eigenvalue weighted by Crippen LogP contribution is -2.37. The fourth-order valence-corrected chi connectivity index (χ4v) is 4.53. The molecule has 1 saturated carbocycles. The Kier molecular flexibility index (Phi) is 5.16. The average Bonchev–Trinajstić information content (AvgIpc) is 3.26. The summed E-state index contributed by atoms with van der Waals surface area (Å²) in [6, 6.07) is 15.6. The van der Waals surface area contributed by atoms with Gasteiger partial charge in [0.05, 0.1) is 11.6 Å². The van der Waals surface area contributed by atoms with Gasteiger partial charge in [-0.25, -0.2) is 4.39 Å². The van der Waals surface area contributed by atoms with Gasteiger partial charge < -0.3 is 9.15 Å². The van der Waals surface area contributed by atoms with Gasteiger partial charge in [-0.15, -0.1) is 10.2 Å². The molecule has 7 heteroatoms. The van der Waals surface area contributed by atoms with Crippen molar-refractivity contribution in [2.75, 3.05) is 26.2 Å². The van der Waals surface area contributed by atoms with E-state index in [0.29, 0.717) is 35.4 Å². The molecular weight excluding hydrogens is 395 g/mol. The van der Waals surface area contributed by atoms with Crippen molar-refractivity contribution in [2.24, 2.45) is 5.41 Å². The predicted molar refractivity (Wildman–Crippen MR) is 112 cm³/mol. The Morgan fingerprint density at radius 1 is 1.16 bits per heavy atom. The molecule has 0 N–H and O–H groups in total. The molecular formula is C24H23FN4O2. The van der Waals surface area contributed by atoms with Crippen LogP contribution in [0.2, 0.25) is 0 Å². The minimum atomic E-state index is -0.311. The number of ether oxygens (including phenoxy) is 1. The number of halogens is 1. The van der Waals surface area contributed by atoms with E-state index < -0.39 is 0 Å². The number of likely N-dealkylation sites (tertiary alicyclic amines) is 1. The van der Waals surface area contributed by atoms with Gasteiger partial charge in [0.25, 0.3) is 0 Å². The number of benzene rings is 2. The van der Waals surface area contributed by atoms with Crippen LogP contribution in [-0.4, -0.2) is 41.3 Å². The first-order chi connectivity index (χ1) is 15.1. The van der Waals surface area contributed by atoms with Crippen LogP contribution in [-0.2, 0) is 0 Å². The number of hydrogen-bond acceptors (Lipinski definition) is 6. The Balaban J connectivity index is 1.12.